The minimum absolute atomic E-state index is 0.484. The van der Waals surface area contributed by atoms with E-state index in [4.69, 9.17) is 11.6 Å². The van der Waals surface area contributed by atoms with Gasteiger partial charge in [0.15, 0.2) is 6.29 Å². The molecule has 0 N–H and O–H groups in total. The van der Waals surface area contributed by atoms with Gasteiger partial charge in [-0.3, -0.25) is 9.48 Å². The molecule has 0 aliphatic carbocycles. The maximum absolute atomic E-state index is 10.6. The number of rotatable bonds is 2. The fraction of sp³-hybridized carbons (Fsp3) is 0.200. The molecular weight excluding hydrogens is 200 g/mol. The Labute approximate surface area is 86.3 Å². The zero-order chi connectivity index (χ0) is 10.1. The number of carbonyl (C=O) groups is 1. The van der Waals surface area contributed by atoms with Crippen LogP contribution in [-0.2, 0) is 6.54 Å². The van der Waals surface area contributed by atoms with E-state index in [0.29, 0.717) is 10.6 Å². The highest BCUT2D eigenvalue weighted by atomic mass is 35.5. The fourth-order valence-electron chi connectivity index (χ4n) is 1.38. The summed E-state index contributed by atoms with van der Waals surface area (Å²) in [5.74, 6) is 0. The number of halogens is 1. The van der Waals surface area contributed by atoms with Crippen molar-refractivity contribution in [1.29, 1.82) is 0 Å². The number of hydrogen-bond donors (Lipinski definition) is 0. The van der Waals surface area contributed by atoms with Crippen LogP contribution in [0.15, 0.2) is 18.3 Å². The topological polar surface area (TPSA) is 34.9 Å². The maximum atomic E-state index is 10.6. The average molecular weight is 209 g/mol. The normalized spacial score (nSPS) is 10.7. The summed E-state index contributed by atoms with van der Waals surface area (Å²) in [6.07, 6.45) is 2.61. The van der Waals surface area contributed by atoms with Crippen molar-refractivity contribution in [2.24, 2.45) is 0 Å². The van der Waals surface area contributed by atoms with E-state index in [1.54, 1.807) is 16.8 Å². The number of aryl methyl sites for hydroxylation is 1. The lowest BCUT2D eigenvalue weighted by atomic mass is 10.2. The summed E-state index contributed by atoms with van der Waals surface area (Å²) >= 11 is 6.03. The maximum Gasteiger partial charge on any atom is 0.151 e. The number of fused-ring (bicyclic) bond motifs is 1. The summed E-state index contributed by atoms with van der Waals surface area (Å²) in [5, 5.41) is 5.60. The lowest BCUT2D eigenvalue weighted by Crippen LogP contribution is -1.92. The molecule has 0 amide bonds. The quantitative estimate of drug-likeness (QED) is 0.711. The van der Waals surface area contributed by atoms with Crippen molar-refractivity contribution in [3.8, 4) is 0 Å². The second-order valence-electron chi connectivity index (χ2n) is 3.00. The van der Waals surface area contributed by atoms with Crippen LogP contribution in [0.5, 0.6) is 0 Å². The van der Waals surface area contributed by atoms with Crippen molar-refractivity contribution in [1.82, 2.24) is 9.78 Å². The Morgan fingerprint density at radius 1 is 1.57 bits per heavy atom. The Bertz CT molecular complexity index is 490. The van der Waals surface area contributed by atoms with Crippen LogP contribution < -0.4 is 0 Å². The highest BCUT2D eigenvalue weighted by molar-refractivity contribution is 6.37. The molecule has 0 aliphatic heterocycles. The molecule has 0 aliphatic rings. The molecule has 72 valence electrons. The minimum atomic E-state index is 0.484. The molecule has 2 rings (SSSR count). The Morgan fingerprint density at radius 3 is 3.00 bits per heavy atom. The van der Waals surface area contributed by atoms with E-state index in [1.165, 1.54) is 0 Å². The summed E-state index contributed by atoms with van der Waals surface area (Å²) in [6.45, 7) is 2.79. The van der Waals surface area contributed by atoms with E-state index in [2.05, 4.69) is 5.10 Å². The van der Waals surface area contributed by atoms with E-state index in [0.717, 1.165) is 23.7 Å². The van der Waals surface area contributed by atoms with Crippen LogP contribution >= 0.6 is 11.6 Å². The van der Waals surface area contributed by atoms with Gasteiger partial charge in [-0.15, -0.1) is 0 Å². The van der Waals surface area contributed by atoms with Crippen LogP contribution in [0.2, 0.25) is 5.02 Å². The second-order valence-corrected chi connectivity index (χ2v) is 3.38. The van der Waals surface area contributed by atoms with Gasteiger partial charge < -0.3 is 0 Å². The van der Waals surface area contributed by atoms with Crippen LogP contribution in [0.25, 0.3) is 10.9 Å². The van der Waals surface area contributed by atoms with Gasteiger partial charge in [-0.1, -0.05) is 11.6 Å². The molecule has 0 saturated carbocycles. The fourth-order valence-corrected chi connectivity index (χ4v) is 1.63. The molecular formula is C10H9ClN2O. The van der Waals surface area contributed by atoms with Gasteiger partial charge in [0.2, 0.25) is 0 Å². The van der Waals surface area contributed by atoms with Gasteiger partial charge in [-0.25, -0.2) is 0 Å². The van der Waals surface area contributed by atoms with Gasteiger partial charge in [-0.2, -0.15) is 5.10 Å². The van der Waals surface area contributed by atoms with Gasteiger partial charge in [0, 0.05) is 23.7 Å². The molecule has 3 nitrogen and oxygen atoms in total. The van der Waals surface area contributed by atoms with E-state index in [-0.39, 0.29) is 0 Å². The third-order valence-electron chi connectivity index (χ3n) is 2.15. The Hall–Kier alpha value is -1.35. The van der Waals surface area contributed by atoms with E-state index < -0.39 is 0 Å². The number of nitrogens with zero attached hydrogens (tertiary/aromatic N) is 2. The van der Waals surface area contributed by atoms with E-state index >= 15 is 0 Å². The highest BCUT2D eigenvalue weighted by Gasteiger charge is 2.07. The number of aldehydes is 1. The Kier molecular flexibility index (Phi) is 2.25. The first-order valence-corrected chi connectivity index (χ1v) is 4.75. The first-order chi connectivity index (χ1) is 6.76. The SMILES string of the molecule is CCn1cc2c(Cl)c(C=O)ccc2n1. The lowest BCUT2D eigenvalue weighted by Gasteiger charge is -1.94. The van der Waals surface area contributed by atoms with Gasteiger partial charge in [-0.05, 0) is 19.1 Å². The van der Waals surface area contributed by atoms with Crippen LogP contribution in [0.3, 0.4) is 0 Å². The Balaban J connectivity index is 2.74. The van der Waals surface area contributed by atoms with Crippen molar-refractivity contribution in [2.75, 3.05) is 0 Å². The zero-order valence-electron chi connectivity index (χ0n) is 7.70. The predicted molar refractivity (Wildman–Crippen MR) is 55.8 cm³/mol. The summed E-state index contributed by atoms with van der Waals surface area (Å²) < 4.78 is 1.80. The van der Waals surface area contributed by atoms with Gasteiger partial charge in [0.25, 0.3) is 0 Å². The van der Waals surface area contributed by atoms with E-state index in [9.17, 15) is 4.79 Å². The van der Waals surface area contributed by atoms with Gasteiger partial charge in [0.1, 0.15) is 0 Å². The third kappa shape index (κ3) is 1.30. The van der Waals surface area contributed by atoms with Crippen molar-refractivity contribution in [3.63, 3.8) is 0 Å². The third-order valence-corrected chi connectivity index (χ3v) is 2.57. The predicted octanol–water partition coefficient (Wildman–Crippen LogP) is 2.52. The molecule has 1 aromatic carbocycles. The zero-order valence-corrected chi connectivity index (χ0v) is 8.45. The molecule has 0 radical (unpaired) electrons. The van der Waals surface area contributed by atoms with Crippen LogP contribution in [0, 0.1) is 0 Å². The smallest absolute Gasteiger partial charge is 0.151 e. The Morgan fingerprint density at radius 2 is 2.36 bits per heavy atom. The summed E-state index contributed by atoms with van der Waals surface area (Å²) in [4.78, 5) is 10.6. The molecule has 2 aromatic rings. The van der Waals surface area contributed by atoms with E-state index in [1.807, 2.05) is 13.1 Å². The number of hydrogen-bond acceptors (Lipinski definition) is 2. The molecule has 1 heterocycles. The first-order valence-electron chi connectivity index (χ1n) is 4.37. The summed E-state index contributed by atoms with van der Waals surface area (Å²) in [6, 6.07) is 3.49. The standard InChI is InChI=1S/C10H9ClN2O/c1-2-13-5-8-9(12-13)4-3-7(6-14)10(8)11/h3-6H,2H2,1H3. The lowest BCUT2D eigenvalue weighted by molar-refractivity contribution is 0.112. The number of benzene rings is 1. The van der Waals surface area contributed by atoms with Gasteiger partial charge >= 0.3 is 0 Å². The van der Waals surface area contributed by atoms with Crippen molar-refractivity contribution >= 4 is 28.8 Å². The summed E-state index contributed by atoms with van der Waals surface area (Å²) in [7, 11) is 0. The highest BCUT2D eigenvalue weighted by Crippen LogP contribution is 2.25. The molecule has 0 unspecified atom stereocenters. The van der Waals surface area contributed by atoms with Crippen LogP contribution in [-0.4, -0.2) is 16.1 Å². The number of carbonyl (C=O) groups excluding carboxylic acids is 1. The van der Waals surface area contributed by atoms with Crippen molar-refractivity contribution < 1.29 is 4.79 Å². The van der Waals surface area contributed by atoms with Crippen molar-refractivity contribution in [3.05, 3.63) is 28.9 Å². The van der Waals surface area contributed by atoms with Crippen molar-refractivity contribution in [2.45, 2.75) is 13.5 Å². The van der Waals surface area contributed by atoms with Crippen LogP contribution in [0.1, 0.15) is 17.3 Å². The number of aromatic nitrogens is 2. The van der Waals surface area contributed by atoms with Crippen LogP contribution in [0.4, 0.5) is 0 Å². The molecule has 0 spiro atoms. The monoisotopic (exact) mass is 208 g/mol. The molecule has 14 heavy (non-hydrogen) atoms. The average Bonchev–Trinajstić information content (AvgIpc) is 2.62. The summed E-state index contributed by atoms with van der Waals surface area (Å²) in [5.41, 5.74) is 1.33. The second kappa shape index (κ2) is 3.42. The molecule has 0 bridgehead atoms. The molecule has 0 atom stereocenters. The largest absolute Gasteiger partial charge is 0.298 e. The van der Waals surface area contributed by atoms with Gasteiger partial charge in [0.05, 0.1) is 10.5 Å². The molecule has 1 aromatic heterocycles. The first kappa shape index (κ1) is 9.21. The molecule has 4 heteroatoms. The molecule has 0 saturated heterocycles. The molecule has 0 fully saturated rings. The minimum Gasteiger partial charge on any atom is -0.298 e.